The molecule has 2 fully saturated rings. The molecule has 18 heavy (non-hydrogen) atoms. The molecule has 0 aromatic heterocycles. The van der Waals surface area contributed by atoms with E-state index in [0.717, 1.165) is 18.8 Å². The minimum absolute atomic E-state index is 0.0105. The molecule has 0 radical (unpaired) electrons. The highest BCUT2D eigenvalue weighted by Gasteiger charge is 2.49. The van der Waals surface area contributed by atoms with Gasteiger partial charge in [0.25, 0.3) is 0 Å². The second-order valence-electron chi connectivity index (χ2n) is 6.52. The van der Waals surface area contributed by atoms with E-state index in [4.69, 9.17) is 4.74 Å². The molecule has 0 bridgehead atoms. The number of allylic oxidation sites excluding steroid dienone is 1. The fraction of sp³-hybridized carbons (Fsp3) is 0.812. The maximum atomic E-state index is 11.5. The van der Waals surface area contributed by atoms with Crippen LogP contribution >= 0.6 is 0 Å². The van der Waals surface area contributed by atoms with E-state index in [1.807, 2.05) is 0 Å². The minimum Gasteiger partial charge on any atom is -0.469 e. The number of ether oxygens (including phenoxy) is 1. The predicted molar refractivity (Wildman–Crippen MR) is 73.1 cm³/mol. The highest BCUT2D eigenvalue weighted by atomic mass is 16.5. The van der Waals surface area contributed by atoms with Crippen molar-refractivity contribution in [3.8, 4) is 0 Å². The van der Waals surface area contributed by atoms with E-state index in [1.165, 1.54) is 38.4 Å². The molecule has 2 atom stereocenters. The SMILES string of the molecule is C=C(C)[C@H]1CC[C@]1(C)C1CCC(C(=O)OC)CC1. The number of carbonyl (C=O) groups excluding carboxylic acids is 1. The van der Waals surface area contributed by atoms with Crippen LogP contribution in [0, 0.1) is 23.2 Å². The summed E-state index contributed by atoms with van der Waals surface area (Å²) in [7, 11) is 1.50. The fourth-order valence-corrected chi connectivity index (χ4v) is 4.20. The first kappa shape index (κ1) is 13.6. The largest absolute Gasteiger partial charge is 0.469 e. The fourth-order valence-electron chi connectivity index (χ4n) is 4.20. The zero-order chi connectivity index (χ0) is 13.3. The number of hydrogen-bond donors (Lipinski definition) is 0. The molecule has 0 aromatic rings. The Hall–Kier alpha value is -0.790. The van der Waals surface area contributed by atoms with Crippen molar-refractivity contribution in [2.75, 3.05) is 7.11 Å². The number of hydrogen-bond acceptors (Lipinski definition) is 2. The van der Waals surface area contributed by atoms with Gasteiger partial charge in [0.1, 0.15) is 0 Å². The van der Waals surface area contributed by atoms with Crippen molar-refractivity contribution < 1.29 is 9.53 Å². The van der Waals surface area contributed by atoms with E-state index in [-0.39, 0.29) is 11.9 Å². The molecule has 2 saturated carbocycles. The maximum Gasteiger partial charge on any atom is 0.308 e. The monoisotopic (exact) mass is 250 g/mol. The highest BCUT2D eigenvalue weighted by molar-refractivity contribution is 5.72. The Bertz CT molecular complexity index is 339. The van der Waals surface area contributed by atoms with E-state index in [0.29, 0.717) is 11.3 Å². The van der Waals surface area contributed by atoms with E-state index in [1.54, 1.807) is 0 Å². The lowest BCUT2D eigenvalue weighted by molar-refractivity contribution is -0.147. The smallest absolute Gasteiger partial charge is 0.308 e. The molecule has 102 valence electrons. The van der Waals surface area contributed by atoms with Crippen molar-refractivity contribution in [2.45, 2.75) is 52.4 Å². The van der Waals surface area contributed by atoms with Crippen molar-refractivity contribution in [2.24, 2.45) is 23.2 Å². The zero-order valence-electron chi connectivity index (χ0n) is 12.0. The van der Waals surface area contributed by atoms with Gasteiger partial charge in [0.05, 0.1) is 13.0 Å². The van der Waals surface area contributed by atoms with Crippen LogP contribution in [-0.4, -0.2) is 13.1 Å². The summed E-state index contributed by atoms with van der Waals surface area (Å²) in [6, 6.07) is 0. The average molecular weight is 250 g/mol. The molecule has 0 saturated heterocycles. The molecule has 2 aliphatic carbocycles. The molecule has 0 amide bonds. The van der Waals surface area contributed by atoms with Gasteiger partial charge in [-0.25, -0.2) is 0 Å². The van der Waals surface area contributed by atoms with Gasteiger partial charge in [-0.05, 0) is 62.7 Å². The van der Waals surface area contributed by atoms with Crippen LogP contribution in [0.3, 0.4) is 0 Å². The first-order valence-corrected chi connectivity index (χ1v) is 7.22. The third-order valence-corrected chi connectivity index (χ3v) is 5.56. The third-order valence-electron chi connectivity index (χ3n) is 5.56. The lowest BCUT2D eigenvalue weighted by Crippen LogP contribution is -2.45. The summed E-state index contributed by atoms with van der Waals surface area (Å²) in [5, 5.41) is 0. The molecule has 0 N–H and O–H groups in total. The van der Waals surface area contributed by atoms with Crippen LogP contribution in [0.2, 0.25) is 0 Å². The quantitative estimate of drug-likeness (QED) is 0.560. The summed E-state index contributed by atoms with van der Waals surface area (Å²) in [5.41, 5.74) is 1.80. The van der Waals surface area contributed by atoms with Crippen LogP contribution in [0.1, 0.15) is 52.4 Å². The Morgan fingerprint density at radius 2 is 1.83 bits per heavy atom. The summed E-state index contributed by atoms with van der Waals surface area (Å²) in [5.74, 6) is 1.62. The number of carbonyl (C=O) groups is 1. The Morgan fingerprint density at radius 3 is 2.22 bits per heavy atom. The predicted octanol–water partition coefficient (Wildman–Crippen LogP) is 3.96. The Kier molecular flexibility index (Phi) is 3.84. The third kappa shape index (κ3) is 2.22. The van der Waals surface area contributed by atoms with Crippen molar-refractivity contribution in [3.05, 3.63) is 12.2 Å². The Morgan fingerprint density at radius 1 is 1.22 bits per heavy atom. The molecule has 2 rings (SSSR count). The minimum atomic E-state index is -0.0105. The van der Waals surface area contributed by atoms with Crippen molar-refractivity contribution >= 4 is 5.97 Å². The van der Waals surface area contributed by atoms with Gasteiger partial charge in [-0.15, -0.1) is 0 Å². The first-order chi connectivity index (χ1) is 8.49. The van der Waals surface area contributed by atoms with Crippen molar-refractivity contribution in [1.82, 2.24) is 0 Å². The van der Waals surface area contributed by atoms with Crippen LogP contribution in [0.4, 0.5) is 0 Å². The second kappa shape index (κ2) is 5.07. The summed E-state index contributed by atoms with van der Waals surface area (Å²) in [6.45, 7) is 8.75. The molecular weight excluding hydrogens is 224 g/mol. The van der Waals surface area contributed by atoms with E-state index in [9.17, 15) is 4.79 Å². The highest BCUT2D eigenvalue weighted by Crippen LogP contribution is 2.58. The van der Waals surface area contributed by atoms with Gasteiger partial charge in [-0.3, -0.25) is 4.79 Å². The molecule has 2 heteroatoms. The standard InChI is InChI=1S/C16H26O2/c1-11(2)14-9-10-16(14,3)13-7-5-12(6-8-13)15(17)18-4/h12-14H,1,5-10H2,2-4H3/t12?,13?,14-,16-/m1/s1. The maximum absolute atomic E-state index is 11.5. The van der Waals surface area contributed by atoms with Crippen molar-refractivity contribution in [1.29, 1.82) is 0 Å². The Balaban J connectivity index is 1.94. The molecule has 2 aliphatic rings. The van der Waals surface area contributed by atoms with Crippen LogP contribution in [0.15, 0.2) is 12.2 Å². The summed E-state index contributed by atoms with van der Waals surface area (Å²) in [4.78, 5) is 11.5. The summed E-state index contributed by atoms with van der Waals surface area (Å²) >= 11 is 0. The van der Waals surface area contributed by atoms with Crippen LogP contribution in [0.5, 0.6) is 0 Å². The number of rotatable bonds is 3. The molecule has 0 spiro atoms. The van der Waals surface area contributed by atoms with Crippen molar-refractivity contribution in [3.63, 3.8) is 0 Å². The van der Waals surface area contributed by atoms with E-state index < -0.39 is 0 Å². The first-order valence-electron chi connectivity index (χ1n) is 7.22. The lowest BCUT2D eigenvalue weighted by Gasteiger charge is -2.54. The van der Waals surface area contributed by atoms with E-state index >= 15 is 0 Å². The van der Waals surface area contributed by atoms with Gasteiger partial charge in [-0.2, -0.15) is 0 Å². The van der Waals surface area contributed by atoms with Gasteiger partial charge < -0.3 is 4.74 Å². The van der Waals surface area contributed by atoms with E-state index in [2.05, 4.69) is 20.4 Å². The van der Waals surface area contributed by atoms with Gasteiger partial charge in [0.15, 0.2) is 0 Å². The normalized spacial score (nSPS) is 39.8. The molecule has 0 aromatic carbocycles. The molecular formula is C16H26O2. The van der Waals surface area contributed by atoms with Crippen LogP contribution in [-0.2, 0) is 9.53 Å². The van der Waals surface area contributed by atoms with Gasteiger partial charge in [-0.1, -0.05) is 19.1 Å². The molecule has 0 heterocycles. The summed E-state index contributed by atoms with van der Waals surface area (Å²) in [6.07, 6.45) is 7.02. The lowest BCUT2D eigenvalue weighted by atomic mass is 9.50. The molecule has 0 unspecified atom stereocenters. The van der Waals surface area contributed by atoms with Crippen LogP contribution in [0.25, 0.3) is 0 Å². The number of methoxy groups -OCH3 is 1. The van der Waals surface area contributed by atoms with Gasteiger partial charge >= 0.3 is 5.97 Å². The van der Waals surface area contributed by atoms with Crippen LogP contribution < -0.4 is 0 Å². The molecule has 2 nitrogen and oxygen atoms in total. The van der Waals surface area contributed by atoms with Gasteiger partial charge in [0.2, 0.25) is 0 Å². The Labute approximate surface area is 111 Å². The summed E-state index contributed by atoms with van der Waals surface area (Å²) < 4.78 is 4.86. The average Bonchev–Trinajstić information content (AvgIpc) is 2.35. The molecule has 0 aliphatic heterocycles. The number of esters is 1. The zero-order valence-corrected chi connectivity index (χ0v) is 12.0. The topological polar surface area (TPSA) is 26.3 Å². The van der Waals surface area contributed by atoms with Gasteiger partial charge in [0, 0.05) is 0 Å². The second-order valence-corrected chi connectivity index (χ2v) is 6.52.